The summed E-state index contributed by atoms with van der Waals surface area (Å²) in [5.41, 5.74) is 7.59. The summed E-state index contributed by atoms with van der Waals surface area (Å²) in [6.45, 7) is 0.441. The Hall–Kier alpha value is -2.56. The van der Waals surface area contributed by atoms with Crippen molar-refractivity contribution in [1.29, 1.82) is 0 Å². The van der Waals surface area contributed by atoms with Crippen molar-refractivity contribution in [1.82, 2.24) is 9.88 Å². The normalized spacial score (nSPS) is 10.1. The molecule has 0 atom stereocenters. The van der Waals surface area contributed by atoms with Crippen LogP contribution in [0.5, 0.6) is 5.75 Å². The Kier molecular flexibility index (Phi) is 4.20. The van der Waals surface area contributed by atoms with E-state index in [1.165, 1.54) is 0 Å². The Morgan fingerprint density at radius 2 is 2.15 bits per heavy atom. The zero-order valence-corrected chi connectivity index (χ0v) is 11.5. The van der Waals surface area contributed by atoms with Crippen LogP contribution in [0.2, 0.25) is 0 Å². The third-order valence-corrected chi connectivity index (χ3v) is 2.88. The number of hydrogen-bond acceptors (Lipinski definition) is 4. The molecule has 0 bridgehead atoms. The van der Waals surface area contributed by atoms with Crippen molar-refractivity contribution in [2.45, 2.75) is 6.54 Å². The van der Waals surface area contributed by atoms with Crippen LogP contribution < -0.4 is 10.5 Å². The van der Waals surface area contributed by atoms with Crippen LogP contribution in [0.15, 0.2) is 42.6 Å². The molecular weight excluding hydrogens is 254 g/mol. The number of pyridine rings is 1. The van der Waals surface area contributed by atoms with E-state index in [9.17, 15) is 4.79 Å². The molecule has 0 saturated carbocycles. The van der Waals surface area contributed by atoms with E-state index < -0.39 is 0 Å². The molecule has 2 N–H and O–H groups in total. The van der Waals surface area contributed by atoms with Crippen molar-refractivity contribution in [3.8, 4) is 5.75 Å². The number of ether oxygens (including phenoxy) is 1. The summed E-state index contributed by atoms with van der Waals surface area (Å²) in [5.74, 6) is 0.445. The minimum absolute atomic E-state index is 0.124. The lowest BCUT2D eigenvalue weighted by Gasteiger charge is -2.17. The predicted octanol–water partition coefficient (Wildman–Crippen LogP) is 1.94. The number of nitrogen functional groups attached to an aromatic ring is 1. The van der Waals surface area contributed by atoms with Crippen LogP contribution in [0.1, 0.15) is 16.1 Å². The first-order valence-electron chi connectivity index (χ1n) is 6.20. The highest BCUT2D eigenvalue weighted by Gasteiger charge is 2.14. The predicted molar refractivity (Wildman–Crippen MR) is 77.4 cm³/mol. The van der Waals surface area contributed by atoms with Gasteiger partial charge in [-0.1, -0.05) is 6.07 Å². The van der Waals surface area contributed by atoms with Crippen LogP contribution >= 0.6 is 0 Å². The number of anilines is 1. The molecule has 0 saturated heterocycles. The van der Waals surface area contributed by atoms with Gasteiger partial charge in [-0.05, 0) is 24.3 Å². The molecule has 0 aliphatic rings. The molecule has 0 spiro atoms. The second-order valence-electron chi connectivity index (χ2n) is 4.48. The van der Waals surface area contributed by atoms with Crippen LogP contribution in [0, 0.1) is 0 Å². The summed E-state index contributed by atoms with van der Waals surface area (Å²) >= 11 is 0. The van der Waals surface area contributed by atoms with E-state index in [1.54, 1.807) is 43.5 Å². The van der Waals surface area contributed by atoms with Crippen LogP contribution in [-0.4, -0.2) is 29.9 Å². The number of aromatic nitrogens is 1. The maximum atomic E-state index is 12.4. The number of amides is 1. The molecule has 2 rings (SSSR count). The maximum Gasteiger partial charge on any atom is 0.254 e. The van der Waals surface area contributed by atoms with Gasteiger partial charge in [0.25, 0.3) is 5.91 Å². The largest absolute Gasteiger partial charge is 0.497 e. The minimum atomic E-state index is -0.124. The summed E-state index contributed by atoms with van der Waals surface area (Å²) in [6.07, 6.45) is 1.71. The fourth-order valence-corrected chi connectivity index (χ4v) is 1.89. The van der Waals surface area contributed by atoms with Gasteiger partial charge in [0.1, 0.15) is 5.75 Å². The van der Waals surface area contributed by atoms with E-state index in [2.05, 4.69) is 4.98 Å². The highest BCUT2D eigenvalue weighted by molar-refractivity contribution is 5.95. The SMILES string of the molecule is COc1cc(N)cc(C(=O)N(C)Cc2ccccn2)c1. The molecule has 1 aromatic heterocycles. The number of hydrogen-bond donors (Lipinski definition) is 1. The average Bonchev–Trinajstić information content (AvgIpc) is 2.46. The smallest absolute Gasteiger partial charge is 0.254 e. The van der Waals surface area contributed by atoms with Gasteiger partial charge in [0.05, 0.1) is 19.3 Å². The van der Waals surface area contributed by atoms with Crippen LogP contribution in [-0.2, 0) is 6.54 Å². The van der Waals surface area contributed by atoms with Crippen molar-refractivity contribution < 1.29 is 9.53 Å². The van der Waals surface area contributed by atoms with E-state index in [-0.39, 0.29) is 5.91 Å². The molecular formula is C15H17N3O2. The Bertz CT molecular complexity index is 599. The van der Waals surface area contributed by atoms with Gasteiger partial charge in [0.2, 0.25) is 0 Å². The van der Waals surface area contributed by atoms with Gasteiger partial charge in [0, 0.05) is 30.6 Å². The van der Waals surface area contributed by atoms with Gasteiger partial charge in [-0.25, -0.2) is 0 Å². The maximum absolute atomic E-state index is 12.4. The summed E-state index contributed by atoms with van der Waals surface area (Å²) in [7, 11) is 3.27. The van der Waals surface area contributed by atoms with Crippen molar-refractivity contribution in [3.05, 3.63) is 53.9 Å². The topological polar surface area (TPSA) is 68.5 Å². The Balaban J connectivity index is 2.16. The van der Waals surface area contributed by atoms with Crippen molar-refractivity contribution in [3.63, 3.8) is 0 Å². The highest BCUT2D eigenvalue weighted by atomic mass is 16.5. The van der Waals surface area contributed by atoms with Crippen molar-refractivity contribution in [2.75, 3.05) is 19.9 Å². The van der Waals surface area contributed by atoms with Crippen LogP contribution in [0.3, 0.4) is 0 Å². The molecule has 104 valence electrons. The Morgan fingerprint density at radius 3 is 2.80 bits per heavy atom. The summed E-state index contributed by atoms with van der Waals surface area (Å²) in [5, 5.41) is 0. The number of carbonyl (C=O) groups is 1. The van der Waals surface area contributed by atoms with E-state index in [0.29, 0.717) is 23.5 Å². The fourth-order valence-electron chi connectivity index (χ4n) is 1.89. The molecule has 0 fully saturated rings. The van der Waals surface area contributed by atoms with E-state index in [1.807, 2.05) is 18.2 Å². The number of methoxy groups -OCH3 is 1. The molecule has 0 aliphatic heterocycles. The second-order valence-corrected chi connectivity index (χ2v) is 4.48. The number of rotatable bonds is 4. The van der Waals surface area contributed by atoms with E-state index >= 15 is 0 Å². The first kappa shape index (κ1) is 13.9. The molecule has 2 aromatic rings. The van der Waals surface area contributed by atoms with Gasteiger partial charge >= 0.3 is 0 Å². The monoisotopic (exact) mass is 271 g/mol. The van der Waals surface area contributed by atoms with Gasteiger partial charge in [0.15, 0.2) is 0 Å². The molecule has 0 radical (unpaired) electrons. The van der Waals surface area contributed by atoms with Gasteiger partial charge in [-0.15, -0.1) is 0 Å². The molecule has 5 heteroatoms. The fraction of sp³-hybridized carbons (Fsp3) is 0.200. The summed E-state index contributed by atoms with van der Waals surface area (Å²) in [4.78, 5) is 18.2. The summed E-state index contributed by atoms with van der Waals surface area (Å²) < 4.78 is 5.12. The van der Waals surface area contributed by atoms with Gasteiger partial charge in [-0.2, -0.15) is 0 Å². The molecule has 1 aromatic carbocycles. The molecule has 0 unspecified atom stereocenters. The lowest BCUT2D eigenvalue weighted by atomic mass is 10.1. The molecule has 0 aliphatic carbocycles. The third kappa shape index (κ3) is 3.26. The second kappa shape index (κ2) is 6.06. The quantitative estimate of drug-likeness (QED) is 0.863. The first-order valence-corrected chi connectivity index (χ1v) is 6.20. The average molecular weight is 271 g/mol. The number of carbonyl (C=O) groups excluding carboxylic acids is 1. The van der Waals surface area contributed by atoms with Crippen LogP contribution in [0.4, 0.5) is 5.69 Å². The molecule has 20 heavy (non-hydrogen) atoms. The first-order chi connectivity index (χ1) is 9.60. The molecule has 1 amide bonds. The van der Waals surface area contributed by atoms with Crippen molar-refractivity contribution >= 4 is 11.6 Å². The van der Waals surface area contributed by atoms with Crippen molar-refractivity contribution in [2.24, 2.45) is 0 Å². The molecule has 5 nitrogen and oxygen atoms in total. The summed E-state index contributed by atoms with van der Waals surface area (Å²) in [6, 6.07) is 10.6. The number of benzene rings is 1. The van der Waals surface area contributed by atoms with E-state index in [0.717, 1.165) is 5.69 Å². The third-order valence-electron chi connectivity index (χ3n) is 2.88. The zero-order valence-electron chi connectivity index (χ0n) is 11.5. The number of nitrogens with zero attached hydrogens (tertiary/aromatic N) is 2. The molecule has 1 heterocycles. The number of nitrogens with two attached hydrogens (primary N) is 1. The lowest BCUT2D eigenvalue weighted by molar-refractivity contribution is 0.0783. The minimum Gasteiger partial charge on any atom is -0.497 e. The standard InChI is InChI=1S/C15H17N3O2/c1-18(10-13-5-3-4-6-17-13)15(19)11-7-12(16)9-14(8-11)20-2/h3-9H,10,16H2,1-2H3. The Labute approximate surface area is 118 Å². The van der Waals surface area contributed by atoms with E-state index in [4.69, 9.17) is 10.5 Å². The van der Waals surface area contributed by atoms with Gasteiger partial charge < -0.3 is 15.4 Å². The zero-order chi connectivity index (χ0) is 14.5. The Morgan fingerprint density at radius 1 is 1.35 bits per heavy atom. The van der Waals surface area contributed by atoms with Gasteiger partial charge in [-0.3, -0.25) is 9.78 Å². The lowest BCUT2D eigenvalue weighted by Crippen LogP contribution is -2.26. The van der Waals surface area contributed by atoms with Crippen LogP contribution in [0.25, 0.3) is 0 Å². The highest BCUT2D eigenvalue weighted by Crippen LogP contribution is 2.19.